The van der Waals surface area contributed by atoms with E-state index in [9.17, 15) is 9.59 Å². The van der Waals surface area contributed by atoms with Crippen LogP contribution in [0.5, 0.6) is 0 Å². The molecule has 30 heavy (non-hydrogen) atoms. The van der Waals surface area contributed by atoms with E-state index in [1.807, 2.05) is 56.0 Å². The van der Waals surface area contributed by atoms with Crippen LogP contribution < -0.4 is 5.32 Å². The molecule has 0 saturated carbocycles. The third-order valence-corrected chi connectivity index (χ3v) is 5.10. The maximum absolute atomic E-state index is 13.3. The molecule has 1 aliphatic rings. The number of hydrogen-bond donors (Lipinski definition) is 1. The van der Waals surface area contributed by atoms with E-state index in [4.69, 9.17) is 4.74 Å². The Hall–Kier alpha value is -2.97. The zero-order chi connectivity index (χ0) is 21.6. The van der Waals surface area contributed by atoms with Crippen molar-refractivity contribution < 1.29 is 14.3 Å². The molecular weight excluding hydrogens is 384 g/mol. The van der Waals surface area contributed by atoms with Gasteiger partial charge in [-0.3, -0.25) is 4.79 Å². The van der Waals surface area contributed by atoms with Crippen molar-refractivity contribution in [1.29, 1.82) is 0 Å². The fourth-order valence-corrected chi connectivity index (χ4v) is 3.55. The fraction of sp³-hybridized carbons (Fsp3) is 0.571. The molecule has 0 unspecified atom stereocenters. The summed E-state index contributed by atoms with van der Waals surface area (Å²) in [5, 5.41) is 14.2. The number of hydrogen-bond acceptors (Lipinski definition) is 6. The van der Waals surface area contributed by atoms with E-state index in [-0.39, 0.29) is 5.91 Å². The summed E-state index contributed by atoms with van der Waals surface area (Å²) in [6.07, 6.45) is 3.28. The van der Waals surface area contributed by atoms with Gasteiger partial charge in [0, 0.05) is 26.1 Å². The maximum atomic E-state index is 13.3. The summed E-state index contributed by atoms with van der Waals surface area (Å²) >= 11 is 0. The van der Waals surface area contributed by atoms with Gasteiger partial charge in [-0.15, -0.1) is 5.10 Å². The summed E-state index contributed by atoms with van der Waals surface area (Å²) in [7, 11) is 0. The minimum absolute atomic E-state index is 0.0182. The zero-order valence-electron chi connectivity index (χ0n) is 17.8. The first-order valence-electron chi connectivity index (χ1n) is 10.3. The second-order valence-corrected chi connectivity index (χ2v) is 8.65. The molecule has 0 bridgehead atoms. The van der Waals surface area contributed by atoms with Crippen LogP contribution in [0, 0.1) is 5.92 Å². The molecule has 9 heteroatoms. The Morgan fingerprint density at radius 2 is 1.90 bits per heavy atom. The number of carbonyl (C=O) groups excluding carboxylic acids is 2. The minimum atomic E-state index is -0.510. The smallest absolute Gasteiger partial charge is 0.407 e. The molecule has 2 amide bonds. The third kappa shape index (κ3) is 6.27. The highest BCUT2D eigenvalue weighted by Crippen LogP contribution is 2.22. The number of benzene rings is 1. The van der Waals surface area contributed by atoms with Crippen LogP contribution in [0.2, 0.25) is 0 Å². The number of nitrogens with one attached hydrogen (secondary N) is 1. The highest BCUT2D eigenvalue weighted by Gasteiger charge is 2.30. The molecule has 9 nitrogen and oxygen atoms in total. The van der Waals surface area contributed by atoms with E-state index in [1.165, 1.54) is 11.0 Å². The number of ether oxygens (including phenoxy) is 1. The SMILES string of the molecule is CC(C)(C)OC(=O)NCC1CCN(C(=O)[C@H](Cc2ccccc2)n2cnnn2)CC1. The topological polar surface area (TPSA) is 102 Å². The molecule has 162 valence electrons. The average Bonchev–Trinajstić information content (AvgIpc) is 3.24. The molecule has 1 fully saturated rings. The van der Waals surface area contributed by atoms with Gasteiger partial charge in [-0.05, 0) is 55.5 Å². The summed E-state index contributed by atoms with van der Waals surface area (Å²) in [5.41, 5.74) is 0.548. The Morgan fingerprint density at radius 3 is 2.50 bits per heavy atom. The first-order chi connectivity index (χ1) is 14.3. The van der Waals surface area contributed by atoms with Crippen molar-refractivity contribution in [3.63, 3.8) is 0 Å². The number of amides is 2. The van der Waals surface area contributed by atoms with Crippen molar-refractivity contribution >= 4 is 12.0 Å². The minimum Gasteiger partial charge on any atom is -0.444 e. The van der Waals surface area contributed by atoms with E-state index in [2.05, 4.69) is 20.8 Å². The Kier molecular flexibility index (Phi) is 7.02. The van der Waals surface area contributed by atoms with Gasteiger partial charge in [0.2, 0.25) is 5.91 Å². The van der Waals surface area contributed by atoms with Gasteiger partial charge in [-0.25, -0.2) is 9.48 Å². The van der Waals surface area contributed by atoms with Crippen LogP contribution in [0.25, 0.3) is 0 Å². The van der Waals surface area contributed by atoms with Gasteiger partial charge >= 0.3 is 6.09 Å². The Bertz CT molecular complexity index is 811. The van der Waals surface area contributed by atoms with Crippen LogP contribution >= 0.6 is 0 Å². The van der Waals surface area contributed by atoms with Crippen molar-refractivity contribution in [3.8, 4) is 0 Å². The Balaban J connectivity index is 1.54. The van der Waals surface area contributed by atoms with Gasteiger partial charge in [0.25, 0.3) is 0 Å². The molecule has 2 heterocycles. The first-order valence-corrected chi connectivity index (χ1v) is 10.3. The number of carbonyl (C=O) groups is 2. The van der Waals surface area contributed by atoms with Gasteiger partial charge in [0.05, 0.1) is 0 Å². The summed E-state index contributed by atoms with van der Waals surface area (Å²) in [4.78, 5) is 27.0. The summed E-state index contributed by atoms with van der Waals surface area (Å²) in [6.45, 7) is 7.37. The van der Waals surface area contributed by atoms with Crippen LogP contribution in [-0.2, 0) is 16.0 Å². The monoisotopic (exact) mass is 414 g/mol. The van der Waals surface area contributed by atoms with Crippen LogP contribution in [0.4, 0.5) is 4.79 Å². The van der Waals surface area contributed by atoms with Gasteiger partial charge in [-0.2, -0.15) is 0 Å². The van der Waals surface area contributed by atoms with E-state index < -0.39 is 17.7 Å². The van der Waals surface area contributed by atoms with Gasteiger partial charge < -0.3 is 15.0 Å². The second-order valence-electron chi connectivity index (χ2n) is 8.65. The molecule has 1 aromatic carbocycles. The lowest BCUT2D eigenvalue weighted by molar-refractivity contribution is -0.136. The molecular formula is C21H30N6O3. The lowest BCUT2D eigenvalue weighted by Gasteiger charge is -2.34. The largest absolute Gasteiger partial charge is 0.444 e. The number of alkyl carbamates (subject to hydrolysis) is 1. The van der Waals surface area contributed by atoms with Gasteiger partial charge in [-0.1, -0.05) is 30.3 Å². The summed E-state index contributed by atoms with van der Waals surface area (Å²) in [5.74, 6) is 0.340. The fourth-order valence-electron chi connectivity index (χ4n) is 3.55. The number of aromatic nitrogens is 4. The van der Waals surface area contributed by atoms with Crippen LogP contribution in [-0.4, -0.2) is 62.3 Å². The van der Waals surface area contributed by atoms with Crippen molar-refractivity contribution in [1.82, 2.24) is 30.4 Å². The Labute approximate surface area is 176 Å². The molecule has 1 atom stereocenters. The number of piperidine rings is 1. The highest BCUT2D eigenvalue weighted by atomic mass is 16.6. The first kappa shape index (κ1) is 21.7. The molecule has 3 rings (SSSR count). The van der Waals surface area contributed by atoms with Gasteiger partial charge in [0.1, 0.15) is 18.0 Å². The maximum Gasteiger partial charge on any atom is 0.407 e. The van der Waals surface area contributed by atoms with Crippen molar-refractivity contribution in [2.24, 2.45) is 5.92 Å². The van der Waals surface area contributed by atoms with Gasteiger partial charge in [0.15, 0.2) is 0 Å². The van der Waals surface area contributed by atoms with E-state index in [0.717, 1.165) is 18.4 Å². The number of rotatable bonds is 6. The average molecular weight is 415 g/mol. The second kappa shape index (κ2) is 9.69. The van der Waals surface area contributed by atoms with Crippen molar-refractivity contribution in [2.75, 3.05) is 19.6 Å². The predicted molar refractivity (Wildman–Crippen MR) is 111 cm³/mol. The predicted octanol–water partition coefficient (Wildman–Crippen LogP) is 2.22. The highest BCUT2D eigenvalue weighted by molar-refractivity contribution is 5.80. The van der Waals surface area contributed by atoms with E-state index >= 15 is 0 Å². The molecule has 1 saturated heterocycles. The molecule has 1 aliphatic heterocycles. The van der Waals surface area contributed by atoms with E-state index in [0.29, 0.717) is 32.0 Å². The van der Waals surface area contributed by atoms with Crippen molar-refractivity contribution in [2.45, 2.75) is 51.7 Å². The van der Waals surface area contributed by atoms with E-state index in [1.54, 1.807) is 0 Å². The standard InChI is InChI=1S/C21H30N6O3/c1-21(2,3)30-20(29)22-14-17-9-11-26(12-10-17)19(28)18(27-15-23-24-25-27)13-16-7-5-4-6-8-16/h4-8,15,17-18H,9-14H2,1-3H3,(H,22,29)/t18-/m0/s1. The van der Waals surface area contributed by atoms with Crippen molar-refractivity contribution in [3.05, 3.63) is 42.2 Å². The van der Waals surface area contributed by atoms with Crippen LogP contribution in [0.1, 0.15) is 45.2 Å². The molecule has 0 spiro atoms. The molecule has 0 aliphatic carbocycles. The number of likely N-dealkylation sites (tertiary alicyclic amines) is 1. The third-order valence-electron chi connectivity index (χ3n) is 5.10. The summed E-state index contributed by atoms with van der Waals surface area (Å²) in [6, 6.07) is 9.39. The zero-order valence-corrected chi connectivity index (χ0v) is 17.8. The number of nitrogens with zero attached hydrogens (tertiary/aromatic N) is 5. The molecule has 1 N–H and O–H groups in total. The van der Waals surface area contributed by atoms with Crippen LogP contribution in [0.3, 0.4) is 0 Å². The Morgan fingerprint density at radius 1 is 1.20 bits per heavy atom. The summed E-state index contributed by atoms with van der Waals surface area (Å²) < 4.78 is 6.81. The lowest BCUT2D eigenvalue weighted by atomic mass is 9.95. The lowest BCUT2D eigenvalue weighted by Crippen LogP contribution is -2.45. The van der Waals surface area contributed by atoms with Crippen LogP contribution in [0.15, 0.2) is 36.7 Å². The molecule has 2 aromatic rings. The normalized spacial score (nSPS) is 16.2. The quantitative estimate of drug-likeness (QED) is 0.778. The molecule has 0 radical (unpaired) electrons. The number of tetrazole rings is 1. The molecule has 1 aromatic heterocycles.